The second-order valence-corrected chi connectivity index (χ2v) is 5.84. The van der Waals surface area contributed by atoms with Crippen LogP contribution < -0.4 is 5.32 Å². The Labute approximate surface area is 134 Å². The van der Waals surface area contributed by atoms with E-state index >= 15 is 0 Å². The predicted octanol–water partition coefficient (Wildman–Crippen LogP) is 2.56. The fourth-order valence-electron chi connectivity index (χ4n) is 2.50. The van der Waals surface area contributed by atoms with E-state index in [1.165, 1.54) is 0 Å². The molecule has 2 heterocycles. The van der Waals surface area contributed by atoms with E-state index < -0.39 is 0 Å². The van der Waals surface area contributed by atoms with E-state index in [2.05, 4.69) is 34.2 Å². The van der Waals surface area contributed by atoms with Crippen LogP contribution in [0, 0.1) is 12.8 Å². The van der Waals surface area contributed by atoms with Gasteiger partial charge >= 0.3 is 0 Å². The molecule has 6 nitrogen and oxygen atoms in total. The fourth-order valence-corrected chi connectivity index (χ4v) is 2.50. The van der Waals surface area contributed by atoms with Gasteiger partial charge in [0.15, 0.2) is 0 Å². The summed E-state index contributed by atoms with van der Waals surface area (Å²) < 4.78 is 1.57. The number of hydrogen-bond acceptors (Lipinski definition) is 4. The molecule has 0 aliphatic carbocycles. The minimum Gasteiger partial charge on any atom is -0.342 e. The van der Waals surface area contributed by atoms with Crippen LogP contribution in [0.3, 0.4) is 0 Å². The fraction of sp³-hybridized carbons (Fsp3) is 0.294. The zero-order valence-electron chi connectivity index (χ0n) is 13.4. The first-order valence-electron chi connectivity index (χ1n) is 7.60. The van der Waals surface area contributed by atoms with E-state index in [0.717, 1.165) is 11.3 Å². The Balaban J connectivity index is 1.88. The van der Waals surface area contributed by atoms with Gasteiger partial charge in [0, 0.05) is 11.9 Å². The Bertz CT molecular complexity index is 825. The number of carbonyl (C=O) groups excluding carboxylic acids is 1. The molecule has 1 N–H and O–H groups in total. The Morgan fingerprint density at radius 1 is 1.17 bits per heavy atom. The molecule has 1 aromatic carbocycles. The minimum absolute atomic E-state index is 0.0932. The molecule has 1 unspecified atom stereocenters. The van der Waals surface area contributed by atoms with Crippen LogP contribution in [-0.2, 0) is 0 Å². The van der Waals surface area contributed by atoms with Crippen LogP contribution in [0.15, 0.2) is 42.6 Å². The number of nitrogens with zero attached hydrogens (tertiary/aromatic N) is 4. The number of aryl methyl sites for hydroxylation is 1. The van der Waals surface area contributed by atoms with E-state index in [1.807, 2.05) is 43.3 Å². The van der Waals surface area contributed by atoms with Crippen molar-refractivity contribution in [2.45, 2.75) is 26.8 Å². The summed E-state index contributed by atoms with van der Waals surface area (Å²) in [4.78, 5) is 20.9. The quantitative estimate of drug-likeness (QED) is 0.804. The summed E-state index contributed by atoms with van der Waals surface area (Å²) >= 11 is 0. The summed E-state index contributed by atoms with van der Waals surface area (Å²) in [7, 11) is 0. The molecule has 0 radical (unpaired) electrons. The van der Waals surface area contributed by atoms with Crippen LogP contribution in [0.2, 0.25) is 0 Å². The number of hydrogen-bond donors (Lipinski definition) is 1. The third-order valence-electron chi connectivity index (χ3n) is 3.74. The van der Waals surface area contributed by atoms with Gasteiger partial charge in [-0.1, -0.05) is 44.2 Å². The highest BCUT2D eigenvalue weighted by Gasteiger charge is 2.22. The van der Waals surface area contributed by atoms with Crippen LogP contribution in [0.25, 0.3) is 5.78 Å². The minimum atomic E-state index is -0.294. The lowest BCUT2D eigenvalue weighted by Gasteiger charge is -2.22. The molecule has 3 rings (SSSR count). The highest BCUT2D eigenvalue weighted by molar-refractivity contribution is 5.91. The van der Waals surface area contributed by atoms with E-state index in [0.29, 0.717) is 5.78 Å². The zero-order chi connectivity index (χ0) is 16.4. The van der Waals surface area contributed by atoms with Crippen molar-refractivity contribution in [2.24, 2.45) is 5.92 Å². The number of amides is 1. The van der Waals surface area contributed by atoms with Crippen molar-refractivity contribution in [3.63, 3.8) is 0 Å². The van der Waals surface area contributed by atoms with Crippen molar-refractivity contribution in [3.05, 3.63) is 59.7 Å². The number of fused-ring (bicyclic) bond motifs is 1. The van der Waals surface area contributed by atoms with Gasteiger partial charge in [0.2, 0.25) is 5.82 Å². The smallest absolute Gasteiger partial charge is 0.291 e. The number of rotatable bonds is 4. The first-order chi connectivity index (χ1) is 11.1. The van der Waals surface area contributed by atoms with E-state index in [9.17, 15) is 4.79 Å². The van der Waals surface area contributed by atoms with Crippen LogP contribution in [0.4, 0.5) is 0 Å². The third kappa shape index (κ3) is 3.06. The second-order valence-electron chi connectivity index (χ2n) is 5.84. The summed E-state index contributed by atoms with van der Waals surface area (Å²) in [6.45, 7) is 6.04. The predicted molar refractivity (Wildman–Crippen MR) is 87.0 cm³/mol. The molecule has 0 aliphatic rings. The Hall–Kier alpha value is -2.76. The topological polar surface area (TPSA) is 72.2 Å². The maximum atomic E-state index is 12.5. The van der Waals surface area contributed by atoms with Gasteiger partial charge in [-0.15, -0.1) is 5.10 Å². The lowest BCUT2D eigenvalue weighted by molar-refractivity contribution is 0.0915. The van der Waals surface area contributed by atoms with Gasteiger partial charge in [-0.3, -0.25) is 4.79 Å². The molecule has 0 saturated heterocycles. The number of nitrogens with one attached hydrogen (secondary N) is 1. The highest BCUT2D eigenvalue weighted by Crippen LogP contribution is 2.21. The first-order valence-corrected chi connectivity index (χ1v) is 7.60. The van der Waals surface area contributed by atoms with Crippen LogP contribution in [0.1, 0.15) is 41.8 Å². The molecule has 6 heteroatoms. The SMILES string of the molecule is Cc1ccnc2nc(C(=O)NC(c3ccccc3)C(C)C)nn12. The summed E-state index contributed by atoms with van der Waals surface area (Å²) in [5, 5.41) is 7.27. The molecule has 0 saturated carbocycles. The van der Waals surface area contributed by atoms with Crippen molar-refractivity contribution in [3.8, 4) is 0 Å². The molecule has 3 aromatic rings. The second kappa shape index (κ2) is 6.16. The average molecular weight is 309 g/mol. The summed E-state index contributed by atoms with van der Waals surface area (Å²) in [6.07, 6.45) is 1.65. The van der Waals surface area contributed by atoms with Crippen molar-refractivity contribution in [1.29, 1.82) is 0 Å². The largest absolute Gasteiger partial charge is 0.342 e. The van der Waals surface area contributed by atoms with Crippen molar-refractivity contribution in [1.82, 2.24) is 24.9 Å². The third-order valence-corrected chi connectivity index (χ3v) is 3.74. The summed E-state index contributed by atoms with van der Waals surface area (Å²) in [5.74, 6) is 0.514. The molecule has 0 spiro atoms. The zero-order valence-corrected chi connectivity index (χ0v) is 13.4. The summed E-state index contributed by atoms with van der Waals surface area (Å²) in [5.41, 5.74) is 1.94. The number of benzene rings is 1. The molecule has 2 aromatic heterocycles. The van der Waals surface area contributed by atoms with Crippen LogP contribution >= 0.6 is 0 Å². The average Bonchev–Trinajstić information content (AvgIpc) is 2.99. The monoisotopic (exact) mass is 309 g/mol. The van der Waals surface area contributed by atoms with Crippen molar-refractivity contribution in [2.75, 3.05) is 0 Å². The Kier molecular flexibility index (Phi) is 4.06. The number of aromatic nitrogens is 4. The molecule has 0 bridgehead atoms. The van der Waals surface area contributed by atoms with E-state index in [4.69, 9.17) is 0 Å². The molecular weight excluding hydrogens is 290 g/mol. The Morgan fingerprint density at radius 2 is 1.91 bits per heavy atom. The van der Waals surface area contributed by atoms with Crippen LogP contribution in [0.5, 0.6) is 0 Å². The Morgan fingerprint density at radius 3 is 2.57 bits per heavy atom. The van der Waals surface area contributed by atoms with Gasteiger partial charge in [0.25, 0.3) is 11.7 Å². The van der Waals surface area contributed by atoms with Crippen molar-refractivity contribution >= 4 is 11.7 Å². The van der Waals surface area contributed by atoms with E-state index in [1.54, 1.807) is 10.7 Å². The molecule has 0 fully saturated rings. The maximum Gasteiger partial charge on any atom is 0.291 e. The molecule has 23 heavy (non-hydrogen) atoms. The van der Waals surface area contributed by atoms with E-state index in [-0.39, 0.29) is 23.7 Å². The van der Waals surface area contributed by atoms with Gasteiger partial charge in [0.05, 0.1) is 6.04 Å². The van der Waals surface area contributed by atoms with Gasteiger partial charge in [-0.2, -0.15) is 4.98 Å². The van der Waals surface area contributed by atoms with Gasteiger partial charge < -0.3 is 5.32 Å². The van der Waals surface area contributed by atoms with Crippen LogP contribution in [-0.4, -0.2) is 25.5 Å². The van der Waals surface area contributed by atoms with Gasteiger partial charge in [-0.05, 0) is 24.5 Å². The number of carbonyl (C=O) groups is 1. The molecule has 1 amide bonds. The van der Waals surface area contributed by atoms with Gasteiger partial charge in [0.1, 0.15) is 0 Å². The molecule has 0 aliphatic heterocycles. The first kappa shape index (κ1) is 15.1. The molecule has 1 atom stereocenters. The normalized spacial score (nSPS) is 12.5. The lowest BCUT2D eigenvalue weighted by atomic mass is 9.96. The summed E-state index contributed by atoms with van der Waals surface area (Å²) in [6, 6.07) is 11.6. The van der Waals surface area contributed by atoms with Crippen molar-refractivity contribution < 1.29 is 4.79 Å². The highest BCUT2D eigenvalue weighted by atomic mass is 16.2. The molecular formula is C17H19N5O. The van der Waals surface area contributed by atoms with Gasteiger partial charge in [-0.25, -0.2) is 9.50 Å². The lowest BCUT2D eigenvalue weighted by Crippen LogP contribution is -2.32. The maximum absolute atomic E-state index is 12.5. The molecule has 118 valence electrons. The standard InChI is InChI=1S/C17H19N5O/c1-11(2)14(13-7-5-4-6-8-13)19-16(23)15-20-17-18-10-9-12(3)22(17)21-15/h4-11,14H,1-3H3,(H,19,23).